The van der Waals surface area contributed by atoms with Crippen molar-refractivity contribution in [3.05, 3.63) is 0 Å². The molecule has 0 spiro atoms. The van der Waals surface area contributed by atoms with Crippen LogP contribution in [-0.2, 0) is 4.79 Å². The Morgan fingerprint density at radius 3 is 1.93 bits per heavy atom. The first-order valence-corrected chi connectivity index (χ1v) is 12.3. The number of hydrogen-bond donors (Lipinski definition) is 1. The lowest BCUT2D eigenvalue weighted by atomic mass is 9.83. The van der Waals surface area contributed by atoms with Gasteiger partial charge in [0, 0.05) is 13.0 Å². The van der Waals surface area contributed by atoms with E-state index in [-0.39, 0.29) is 5.91 Å². The number of rotatable bonds is 18. The molecule has 0 aliphatic carbocycles. The van der Waals surface area contributed by atoms with Gasteiger partial charge in [0.15, 0.2) is 0 Å². The predicted octanol–water partition coefficient (Wildman–Crippen LogP) is 7.76. The quantitative estimate of drug-likeness (QED) is 0.241. The molecule has 0 aromatic carbocycles. The van der Waals surface area contributed by atoms with Crippen molar-refractivity contribution in [2.75, 3.05) is 6.54 Å². The zero-order valence-electron chi connectivity index (χ0n) is 19.6. The van der Waals surface area contributed by atoms with Crippen molar-refractivity contribution >= 4 is 5.91 Å². The highest BCUT2D eigenvalue weighted by Crippen LogP contribution is 2.27. The fourth-order valence-electron chi connectivity index (χ4n) is 4.35. The van der Waals surface area contributed by atoms with Gasteiger partial charge in [0.25, 0.3) is 0 Å². The molecule has 0 aliphatic rings. The van der Waals surface area contributed by atoms with Crippen molar-refractivity contribution in [1.29, 1.82) is 0 Å². The van der Waals surface area contributed by atoms with E-state index in [0.29, 0.717) is 11.8 Å². The smallest absolute Gasteiger partial charge is 0.220 e. The molecule has 0 saturated carbocycles. The highest BCUT2D eigenvalue weighted by atomic mass is 16.1. The van der Waals surface area contributed by atoms with Crippen LogP contribution in [0.1, 0.15) is 125 Å². The molecule has 1 N–H and O–H groups in total. The van der Waals surface area contributed by atoms with E-state index in [2.05, 4.69) is 46.9 Å². The first-order chi connectivity index (χ1) is 13.0. The molecule has 0 aromatic rings. The Hall–Kier alpha value is -0.530. The van der Waals surface area contributed by atoms with Crippen molar-refractivity contribution in [3.8, 4) is 0 Å². The van der Waals surface area contributed by atoms with Crippen LogP contribution in [0.15, 0.2) is 0 Å². The van der Waals surface area contributed by atoms with Gasteiger partial charge in [-0.2, -0.15) is 0 Å². The van der Waals surface area contributed by atoms with Crippen LogP contribution in [0.25, 0.3) is 0 Å². The monoisotopic (exact) mass is 381 g/mol. The van der Waals surface area contributed by atoms with E-state index in [4.69, 9.17) is 0 Å². The maximum atomic E-state index is 12.5. The van der Waals surface area contributed by atoms with E-state index in [1.54, 1.807) is 0 Å². The van der Waals surface area contributed by atoms with E-state index >= 15 is 0 Å². The van der Waals surface area contributed by atoms with Crippen molar-refractivity contribution in [2.45, 2.75) is 125 Å². The Morgan fingerprint density at radius 1 is 0.704 bits per heavy atom. The van der Waals surface area contributed by atoms with Gasteiger partial charge >= 0.3 is 0 Å². The zero-order chi connectivity index (χ0) is 20.5. The van der Waals surface area contributed by atoms with Crippen LogP contribution >= 0.6 is 0 Å². The molecule has 4 unspecified atom stereocenters. The average Bonchev–Trinajstić information content (AvgIpc) is 2.66. The Morgan fingerprint density at radius 2 is 1.33 bits per heavy atom. The second kappa shape index (κ2) is 17.6. The SMILES string of the molecule is CCCCCC(CCCNC(=O)CC(CCCC)C(C)CCC)C(C)CC. The highest BCUT2D eigenvalue weighted by molar-refractivity contribution is 5.76. The molecule has 2 nitrogen and oxygen atoms in total. The summed E-state index contributed by atoms with van der Waals surface area (Å²) in [4.78, 5) is 12.5. The minimum Gasteiger partial charge on any atom is -0.356 e. The summed E-state index contributed by atoms with van der Waals surface area (Å²) in [6.07, 6.45) is 16.0. The van der Waals surface area contributed by atoms with Gasteiger partial charge in [-0.1, -0.05) is 99.3 Å². The number of amides is 1. The fraction of sp³-hybridized carbons (Fsp3) is 0.960. The van der Waals surface area contributed by atoms with Gasteiger partial charge in [-0.05, 0) is 42.9 Å². The van der Waals surface area contributed by atoms with Crippen LogP contribution in [0.4, 0.5) is 0 Å². The third-order valence-electron chi connectivity index (χ3n) is 6.63. The van der Waals surface area contributed by atoms with Crippen molar-refractivity contribution in [2.24, 2.45) is 23.7 Å². The fourth-order valence-corrected chi connectivity index (χ4v) is 4.35. The van der Waals surface area contributed by atoms with Gasteiger partial charge in [0.2, 0.25) is 5.91 Å². The largest absolute Gasteiger partial charge is 0.356 e. The minimum atomic E-state index is 0.283. The zero-order valence-corrected chi connectivity index (χ0v) is 19.6. The van der Waals surface area contributed by atoms with E-state index in [1.165, 1.54) is 70.6 Å². The normalized spacial score (nSPS) is 15.9. The summed E-state index contributed by atoms with van der Waals surface area (Å²) < 4.78 is 0. The first-order valence-electron chi connectivity index (χ1n) is 12.3. The van der Waals surface area contributed by atoms with Gasteiger partial charge in [0.05, 0.1) is 0 Å². The molecule has 0 rings (SSSR count). The standard InChI is InChI=1S/C25H51NO/c1-7-11-13-17-23(21(5)10-4)18-14-19-26-25(27)20-24(16-12-8-2)22(6)15-9-3/h21-24H,7-20H2,1-6H3,(H,26,27). The molecule has 2 heteroatoms. The summed E-state index contributed by atoms with van der Waals surface area (Å²) in [7, 11) is 0. The molecule has 0 aliphatic heterocycles. The summed E-state index contributed by atoms with van der Waals surface area (Å²) in [5.41, 5.74) is 0. The van der Waals surface area contributed by atoms with Crippen molar-refractivity contribution < 1.29 is 4.79 Å². The first kappa shape index (κ1) is 26.5. The summed E-state index contributed by atoms with van der Waals surface area (Å²) >= 11 is 0. The molecule has 0 bridgehead atoms. The van der Waals surface area contributed by atoms with Gasteiger partial charge in [-0.15, -0.1) is 0 Å². The second-order valence-electron chi connectivity index (χ2n) is 9.01. The Bertz CT molecular complexity index is 341. The van der Waals surface area contributed by atoms with E-state index in [1.807, 2.05) is 0 Å². The lowest BCUT2D eigenvalue weighted by Crippen LogP contribution is -2.29. The number of carbonyl (C=O) groups excluding carboxylic acids is 1. The molecular formula is C25H51NO. The van der Waals surface area contributed by atoms with Crippen molar-refractivity contribution in [1.82, 2.24) is 5.32 Å². The van der Waals surface area contributed by atoms with Crippen LogP contribution in [0, 0.1) is 23.7 Å². The molecular weight excluding hydrogens is 330 g/mol. The van der Waals surface area contributed by atoms with Gasteiger partial charge in [0.1, 0.15) is 0 Å². The third-order valence-corrected chi connectivity index (χ3v) is 6.63. The second-order valence-corrected chi connectivity index (χ2v) is 9.01. The van der Waals surface area contributed by atoms with Gasteiger partial charge < -0.3 is 5.32 Å². The van der Waals surface area contributed by atoms with Crippen LogP contribution in [-0.4, -0.2) is 12.5 Å². The molecule has 27 heavy (non-hydrogen) atoms. The number of nitrogens with one attached hydrogen (secondary N) is 1. The molecule has 4 atom stereocenters. The summed E-state index contributed by atoms with van der Waals surface area (Å²) in [6, 6.07) is 0. The van der Waals surface area contributed by atoms with E-state index in [9.17, 15) is 4.79 Å². The van der Waals surface area contributed by atoms with E-state index < -0.39 is 0 Å². The maximum Gasteiger partial charge on any atom is 0.220 e. The predicted molar refractivity (Wildman–Crippen MR) is 121 cm³/mol. The Labute approximate surface area is 171 Å². The Kier molecular flexibility index (Phi) is 17.2. The molecule has 0 saturated heterocycles. The highest BCUT2D eigenvalue weighted by Gasteiger charge is 2.20. The molecule has 0 fully saturated rings. The van der Waals surface area contributed by atoms with Crippen LogP contribution in [0.5, 0.6) is 0 Å². The van der Waals surface area contributed by atoms with Crippen LogP contribution < -0.4 is 5.32 Å². The summed E-state index contributed by atoms with van der Waals surface area (Å²) in [6.45, 7) is 14.7. The molecule has 0 radical (unpaired) electrons. The number of hydrogen-bond acceptors (Lipinski definition) is 1. The van der Waals surface area contributed by atoms with Crippen LogP contribution in [0.3, 0.4) is 0 Å². The third kappa shape index (κ3) is 13.3. The van der Waals surface area contributed by atoms with Gasteiger partial charge in [-0.25, -0.2) is 0 Å². The number of unbranched alkanes of at least 4 members (excludes halogenated alkanes) is 3. The summed E-state index contributed by atoms with van der Waals surface area (Å²) in [5.74, 6) is 3.16. The Balaban J connectivity index is 4.24. The molecule has 0 heterocycles. The lowest BCUT2D eigenvalue weighted by molar-refractivity contribution is -0.122. The summed E-state index contributed by atoms with van der Waals surface area (Å²) in [5, 5.41) is 3.23. The maximum absolute atomic E-state index is 12.5. The molecule has 0 aromatic heterocycles. The average molecular weight is 382 g/mol. The topological polar surface area (TPSA) is 29.1 Å². The molecule has 162 valence electrons. The van der Waals surface area contributed by atoms with Gasteiger partial charge in [-0.3, -0.25) is 4.79 Å². The number of carbonyl (C=O) groups is 1. The lowest BCUT2D eigenvalue weighted by Gasteiger charge is -2.24. The minimum absolute atomic E-state index is 0.283. The van der Waals surface area contributed by atoms with Crippen LogP contribution in [0.2, 0.25) is 0 Å². The molecule has 1 amide bonds. The van der Waals surface area contributed by atoms with Crippen molar-refractivity contribution in [3.63, 3.8) is 0 Å². The van der Waals surface area contributed by atoms with E-state index in [0.717, 1.165) is 31.2 Å².